The molecule has 126 valence electrons. The fourth-order valence-corrected chi connectivity index (χ4v) is 3.77. The van der Waals surface area contributed by atoms with Gasteiger partial charge in [-0.05, 0) is 42.5 Å². The lowest BCUT2D eigenvalue weighted by atomic mass is 10.00. The monoisotopic (exact) mass is 325 g/mol. The molecule has 2 aliphatic heterocycles. The summed E-state index contributed by atoms with van der Waals surface area (Å²) in [5.41, 5.74) is 2.32. The number of ether oxygens (including phenoxy) is 1. The molecule has 0 saturated carbocycles. The largest absolute Gasteiger partial charge is 0.493 e. The standard InChI is InChI=1S/C19H23N3O2/c23-19(13-15-5-6-18-16(12-15)7-11-24-18)22-10-2-1-4-17(22)14-21-9-3-8-20-21/h3,5-6,8-9,12,17H,1-2,4,7,10-11,13-14H2/t17-/m1/s1. The minimum absolute atomic E-state index is 0.228. The van der Waals surface area contributed by atoms with Crippen molar-refractivity contribution in [2.24, 2.45) is 0 Å². The van der Waals surface area contributed by atoms with Crippen molar-refractivity contribution in [1.82, 2.24) is 14.7 Å². The minimum atomic E-state index is 0.228. The Kier molecular flexibility index (Phi) is 4.24. The number of hydrogen-bond donors (Lipinski definition) is 0. The van der Waals surface area contributed by atoms with Gasteiger partial charge in [-0.3, -0.25) is 9.48 Å². The predicted molar refractivity (Wildman–Crippen MR) is 90.9 cm³/mol. The van der Waals surface area contributed by atoms with E-state index in [1.165, 1.54) is 12.0 Å². The summed E-state index contributed by atoms with van der Waals surface area (Å²) in [5.74, 6) is 1.20. The molecule has 5 heteroatoms. The van der Waals surface area contributed by atoms with Gasteiger partial charge >= 0.3 is 0 Å². The third kappa shape index (κ3) is 3.16. The molecule has 1 aromatic heterocycles. The summed E-state index contributed by atoms with van der Waals surface area (Å²) >= 11 is 0. The van der Waals surface area contributed by atoms with Crippen molar-refractivity contribution < 1.29 is 9.53 Å². The maximum atomic E-state index is 12.9. The number of likely N-dealkylation sites (tertiary alicyclic amines) is 1. The summed E-state index contributed by atoms with van der Waals surface area (Å²) in [6.07, 6.45) is 8.53. The molecule has 2 aromatic rings. The van der Waals surface area contributed by atoms with E-state index in [2.05, 4.69) is 16.1 Å². The van der Waals surface area contributed by atoms with Crippen molar-refractivity contribution in [3.05, 3.63) is 47.8 Å². The number of aromatic nitrogens is 2. The van der Waals surface area contributed by atoms with Crippen LogP contribution in [0.25, 0.3) is 0 Å². The highest BCUT2D eigenvalue weighted by Crippen LogP contribution is 2.27. The van der Waals surface area contributed by atoms with Gasteiger partial charge in [0.05, 0.1) is 25.6 Å². The molecule has 0 spiro atoms. The van der Waals surface area contributed by atoms with Crippen molar-refractivity contribution >= 4 is 5.91 Å². The molecule has 0 aliphatic carbocycles. The number of rotatable bonds is 4. The lowest BCUT2D eigenvalue weighted by Crippen LogP contribution is -2.46. The van der Waals surface area contributed by atoms with Crippen molar-refractivity contribution in [1.29, 1.82) is 0 Å². The van der Waals surface area contributed by atoms with E-state index >= 15 is 0 Å². The molecule has 1 saturated heterocycles. The van der Waals surface area contributed by atoms with Gasteiger partial charge < -0.3 is 9.64 Å². The number of hydrogen-bond acceptors (Lipinski definition) is 3. The van der Waals surface area contributed by atoms with Gasteiger partial charge in [-0.2, -0.15) is 5.10 Å². The van der Waals surface area contributed by atoms with Crippen LogP contribution in [0.4, 0.5) is 0 Å². The predicted octanol–water partition coefficient (Wildman–Crippen LogP) is 2.44. The van der Waals surface area contributed by atoms with Crippen LogP contribution in [-0.2, 0) is 24.2 Å². The summed E-state index contributed by atoms with van der Waals surface area (Å²) in [6, 6.07) is 8.34. The van der Waals surface area contributed by atoms with Crippen LogP contribution in [-0.4, -0.2) is 39.8 Å². The van der Waals surface area contributed by atoms with Crippen LogP contribution in [0, 0.1) is 0 Å². The maximum Gasteiger partial charge on any atom is 0.227 e. The zero-order valence-corrected chi connectivity index (χ0v) is 13.9. The SMILES string of the molecule is O=C(Cc1ccc2c(c1)CCO2)N1CCCC[C@@H]1Cn1cccn1. The Morgan fingerprint density at radius 3 is 3.17 bits per heavy atom. The lowest BCUT2D eigenvalue weighted by molar-refractivity contribution is -0.134. The topological polar surface area (TPSA) is 47.4 Å². The first-order valence-electron chi connectivity index (χ1n) is 8.81. The zero-order valence-electron chi connectivity index (χ0n) is 13.9. The molecule has 3 heterocycles. The Morgan fingerprint density at radius 1 is 1.33 bits per heavy atom. The number of piperidine rings is 1. The first kappa shape index (κ1) is 15.2. The van der Waals surface area contributed by atoms with Gasteiger partial charge in [-0.15, -0.1) is 0 Å². The molecule has 4 rings (SSSR count). The van der Waals surface area contributed by atoms with Crippen LogP contribution in [0.1, 0.15) is 30.4 Å². The Balaban J connectivity index is 1.45. The number of carbonyl (C=O) groups excluding carboxylic acids is 1. The molecule has 0 unspecified atom stereocenters. The summed E-state index contributed by atoms with van der Waals surface area (Å²) in [5, 5.41) is 4.29. The van der Waals surface area contributed by atoms with E-state index in [1.54, 1.807) is 6.20 Å². The van der Waals surface area contributed by atoms with Gasteiger partial charge in [0.25, 0.3) is 0 Å². The summed E-state index contributed by atoms with van der Waals surface area (Å²) in [6.45, 7) is 2.40. The molecular weight excluding hydrogens is 302 g/mol. The van der Waals surface area contributed by atoms with E-state index in [-0.39, 0.29) is 11.9 Å². The fraction of sp³-hybridized carbons (Fsp3) is 0.474. The number of amides is 1. The van der Waals surface area contributed by atoms with Gasteiger partial charge in [-0.1, -0.05) is 12.1 Å². The van der Waals surface area contributed by atoms with Gasteiger partial charge in [0.15, 0.2) is 0 Å². The van der Waals surface area contributed by atoms with Gasteiger partial charge in [-0.25, -0.2) is 0 Å². The smallest absolute Gasteiger partial charge is 0.227 e. The molecule has 0 bridgehead atoms. The maximum absolute atomic E-state index is 12.9. The van der Waals surface area contributed by atoms with E-state index in [0.29, 0.717) is 6.42 Å². The first-order valence-corrected chi connectivity index (χ1v) is 8.81. The highest BCUT2D eigenvalue weighted by Gasteiger charge is 2.27. The number of benzene rings is 1. The molecule has 24 heavy (non-hydrogen) atoms. The Morgan fingerprint density at radius 2 is 2.29 bits per heavy atom. The van der Waals surface area contributed by atoms with Gasteiger partial charge in [0.1, 0.15) is 5.75 Å². The Hall–Kier alpha value is -2.30. The minimum Gasteiger partial charge on any atom is -0.493 e. The molecular formula is C19H23N3O2. The first-order chi connectivity index (χ1) is 11.8. The Bertz CT molecular complexity index is 711. The molecule has 0 N–H and O–H groups in total. The van der Waals surface area contributed by atoms with E-state index in [0.717, 1.165) is 50.3 Å². The summed E-state index contributed by atoms with van der Waals surface area (Å²) < 4.78 is 7.48. The second-order valence-corrected chi connectivity index (χ2v) is 6.68. The fourth-order valence-electron chi connectivity index (χ4n) is 3.77. The van der Waals surface area contributed by atoms with Crippen LogP contribution in [0.3, 0.4) is 0 Å². The van der Waals surface area contributed by atoms with Gasteiger partial charge in [0, 0.05) is 25.4 Å². The number of carbonyl (C=O) groups is 1. The summed E-state index contributed by atoms with van der Waals surface area (Å²) in [4.78, 5) is 14.9. The quantitative estimate of drug-likeness (QED) is 0.867. The molecule has 1 amide bonds. The highest BCUT2D eigenvalue weighted by molar-refractivity contribution is 5.79. The van der Waals surface area contributed by atoms with Crippen LogP contribution >= 0.6 is 0 Å². The van der Waals surface area contributed by atoms with Crippen LogP contribution in [0.15, 0.2) is 36.7 Å². The highest BCUT2D eigenvalue weighted by atomic mass is 16.5. The van der Waals surface area contributed by atoms with Gasteiger partial charge in [0.2, 0.25) is 5.91 Å². The third-order valence-electron chi connectivity index (χ3n) is 5.01. The third-order valence-corrected chi connectivity index (χ3v) is 5.01. The number of fused-ring (bicyclic) bond motifs is 1. The van der Waals surface area contributed by atoms with E-state index < -0.39 is 0 Å². The average molecular weight is 325 g/mol. The molecule has 1 atom stereocenters. The van der Waals surface area contributed by atoms with Crippen molar-refractivity contribution in [3.8, 4) is 5.75 Å². The summed E-state index contributed by atoms with van der Waals surface area (Å²) in [7, 11) is 0. The Labute approximate surface area is 142 Å². The second kappa shape index (κ2) is 6.67. The van der Waals surface area contributed by atoms with E-state index in [1.807, 2.05) is 29.1 Å². The molecule has 5 nitrogen and oxygen atoms in total. The van der Waals surface area contributed by atoms with Crippen molar-refractivity contribution in [2.45, 2.75) is 44.7 Å². The average Bonchev–Trinajstić information content (AvgIpc) is 3.26. The van der Waals surface area contributed by atoms with Crippen molar-refractivity contribution in [3.63, 3.8) is 0 Å². The molecule has 0 radical (unpaired) electrons. The second-order valence-electron chi connectivity index (χ2n) is 6.68. The molecule has 1 aromatic carbocycles. The normalized spacial score (nSPS) is 19.8. The van der Waals surface area contributed by atoms with Crippen molar-refractivity contribution in [2.75, 3.05) is 13.2 Å². The number of nitrogens with zero attached hydrogens (tertiary/aromatic N) is 3. The van der Waals surface area contributed by atoms with E-state index in [4.69, 9.17) is 4.74 Å². The molecule has 2 aliphatic rings. The zero-order chi connectivity index (χ0) is 16.4. The molecule has 1 fully saturated rings. The van der Waals surface area contributed by atoms with Crippen LogP contribution in [0.5, 0.6) is 5.75 Å². The van der Waals surface area contributed by atoms with Crippen LogP contribution < -0.4 is 4.74 Å². The van der Waals surface area contributed by atoms with E-state index in [9.17, 15) is 4.79 Å². The van der Waals surface area contributed by atoms with Crippen LogP contribution in [0.2, 0.25) is 0 Å². The lowest BCUT2D eigenvalue weighted by Gasteiger charge is -2.36.